The van der Waals surface area contributed by atoms with Gasteiger partial charge in [0.15, 0.2) is 0 Å². The Hall–Kier alpha value is -1.02. The normalized spacial score (nSPS) is 12.5. The molecular weight excluding hydrogens is 184 g/mol. The molecule has 0 saturated carbocycles. The lowest BCUT2D eigenvalue weighted by atomic mass is 10.2. The zero-order valence-electron chi connectivity index (χ0n) is 10.2. The number of nitrogens with zero attached hydrogens (tertiary/aromatic N) is 1. The molecule has 0 heterocycles. The van der Waals surface area contributed by atoms with E-state index in [0.29, 0.717) is 6.04 Å². The number of hydrogen-bond acceptors (Lipinski definition) is 2. The Bertz CT molecular complexity index is 277. The van der Waals surface area contributed by atoms with Crippen molar-refractivity contribution in [3.8, 4) is 0 Å². The van der Waals surface area contributed by atoms with Crippen LogP contribution in [0.2, 0.25) is 0 Å². The predicted molar refractivity (Wildman–Crippen MR) is 67.4 cm³/mol. The second-order valence-corrected chi connectivity index (χ2v) is 4.25. The molecule has 1 aromatic carbocycles. The molecule has 0 amide bonds. The Balaban J connectivity index is 2.50. The molecule has 0 spiro atoms. The van der Waals surface area contributed by atoms with Crippen LogP contribution in [0.5, 0.6) is 0 Å². The van der Waals surface area contributed by atoms with Gasteiger partial charge in [-0.05, 0) is 31.0 Å². The number of hydrogen-bond donors (Lipinski definition) is 1. The molecule has 2 nitrogen and oxygen atoms in total. The van der Waals surface area contributed by atoms with Crippen LogP contribution in [0.3, 0.4) is 0 Å². The van der Waals surface area contributed by atoms with Gasteiger partial charge in [0.2, 0.25) is 0 Å². The van der Waals surface area contributed by atoms with E-state index in [4.69, 9.17) is 0 Å². The first-order chi connectivity index (χ1) is 7.13. The van der Waals surface area contributed by atoms with Gasteiger partial charge in [-0.25, -0.2) is 0 Å². The molecule has 0 fully saturated rings. The minimum Gasteiger partial charge on any atom is -0.378 e. The van der Waals surface area contributed by atoms with E-state index < -0.39 is 0 Å². The molecule has 1 rings (SSSR count). The Morgan fingerprint density at radius 2 is 1.80 bits per heavy atom. The SMILES string of the molecule is CC[C@H](C)NCc1ccc(N(C)C)cc1. The minimum absolute atomic E-state index is 0.596. The first-order valence-electron chi connectivity index (χ1n) is 5.63. The summed E-state index contributed by atoms with van der Waals surface area (Å²) in [5.41, 5.74) is 2.60. The van der Waals surface area contributed by atoms with Crippen LogP contribution in [0.25, 0.3) is 0 Å². The Morgan fingerprint density at radius 1 is 1.20 bits per heavy atom. The maximum absolute atomic E-state index is 3.48. The zero-order chi connectivity index (χ0) is 11.3. The van der Waals surface area contributed by atoms with Gasteiger partial charge in [-0.15, -0.1) is 0 Å². The van der Waals surface area contributed by atoms with Gasteiger partial charge in [0.05, 0.1) is 0 Å². The van der Waals surface area contributed by atoms with Crippen molar-refractivity contribution < 1.29 is 0 Å². The van der Waals surface area contributed by atoms with E-state index in [1.165, 1.54) is 17.7 Å². The van der Waals surface area contributed by atoms with E-state index in [1.54, 1.807) is 0 Å². The molecule has 84 valence electrons. The average molecular weight is 206 g/mol. The first kappa shape index (κ1) is 12.1. The van der Waals surface area contributed by atoms with Crippen molar-refractivity contribution in [2.24, 2.45) is 0 Å². The first-order valence-corrected chi connectivity index (χ1v) is 5.63. The number of nitrogens with one attached hydrogen (secondary N) is 1. The Labute approximate surface area is 93.3 Å². The fourth-order valence-corrected chi connectivity index (χ4v) is 1.35. The lowest BCUT2D eigenvalue weighted by Gasteiger charge is -2.14. The van der Waals surface area contributed by atoms with Gasteiger partial charge in [0.25, 0.3) is 0 Å². The van der Waals surface area contributed by atoms with E-state index in [2.05, 4.69) is 62.4 Å². The summed E-state index contributed by atoms with van der Waals surface area (Å²) >= 11 is 0. The van der Waals surface area contributed by atoms with Crippen molar-refractivity contribution >= 4 is 5.69 Å². The summed E-state index contributed by atoms with van der Waals surface area (Å²) in [5.74, 6) is 0. The second-order valence-electron chi connectivity index (χ2n) is 4.25. The Morgan fingerprint density at radius 3 is 2.27 bits per heavy atom. The molecule has 15 heavy (non-hydrogen) atoms. The average Bonchev–Trinajstić information content (AvgIpc) is 2.26. The fraction of sp³-hybridized carbons (Fsp3) is 0.538. The lowest BCUT2D eigenvalue weighted by molar-refractivity contribution is 0.534. The molecule has 2 heteroatoms. The summed E-state index contributed by atoms with van der Waals surface area (Å²) < 4.78 is 0. The van der Waals surface area contributed by atoms with Crippen LogP contribution in [0, 0.1) is 0 Å². The number of benzene rings is 1. The van der Waals surface area contributed by atoms with E-state index in [9.17, 15) is 0 Å². The van der Waals surface area contributed by atoms with E-state index in [1.807, 2.05) is 0 Å². The summed E-state index contributed by atoms with van der Waals surface area (Å²) in [5, 5.41) is 3.48. The van der Waals surface area contributed by atoms with Crippen molar-refractivity contribution in [3.05, 3.63) is 29.8 Å². The van der Waals surface area contributed by atoms with Crippen molar-refractivity contribution in [2.45, 2.75) is 32.9 Å². The van der Waals surface area contributed by atoms with Gasteiger partial charge >= 0.3 is 0 Å². The third-order valence-electron chi connectivity index (χ3n) is 2.72. The highest BCUT2D eigenvalue weighted by Gasteiger charge is 1.99. The van der Waals surface area contributed by atoms with Crippen molar-refractivity contribution in [3.63, 3.8) is 0 Å². The summed E-state index contributed by atoms with van der Waals surface area (Å²) in [6.45, 7) is 5.38. The van der Waals surface area contributed by atoms with E-state index >= 15 is 0 Å². The molecule has 0 aliphatic rings. The summed E-state index contributed by atoms with van der Waals surface area (Å²) in [6.07, 6.45) is 1.18. The van der Waals surface area contributed by atoms with Crippen LogP contribution < -0.4 is 10.2 Å². The van der Waals surface area contributed by atoms with Gasteiger partial charge in [0.1, 0.15) is 0 Å². The highest BCUT2D eigenvalue weighted by molar-refractivity contribution is 5.45. The third-order valence-corrected chi connectivity index (χ3v) is 2.72. The highest BCUT2D eigenvalue weighted by Crippen LogP contribution is 2.12. The molecule has 0 aromatic heterocycles. The summed E-state index contributed by atoms with van der Waals surface area (Å²) in [6, 6.07) is 9.29. The molecular formula is C13H22N2. The fourth-order valence-electron chi connectivity index (χ4n) is 1.35. The number of rotatable bonds is 5. The highest BCUT2D eigenvalue weighted by atomic mass is 15.1. The molecule has 0 aliphatic carbocycles. The molecule has 0 saturated heterocycles. The van der Waals surface area contributed by atoms with Crippen molar-refractivity contribution in [1.29, 1.82) is 0 Å². The van der Waals surface area contributed by atoms with E-state index in [0.717, 1.165) is 6.54 Å². The molecule has 1 atom stereocenters. The molecule has 0 radical (unpaired) electrons. The van der Waals surface area contributed by atoms with Crippen LogP contribution in [0.4, 0.5) is 5.69 Å². The summed E-state index contributed by atoms with van der Waals surface area (Å²) in [7, 11) is 4.12. The second kappa shape index (κ2) is 5.76. The predicted octanol–water partition coefficient (Wildman–Crippen LogP) is 2.64. The zero-order valence-corrected chi connectivity index (χ0v) is 10.2. The van der Waals surface area contributed by atoms with Gasteiger partial charge < -0.3 is 10.2 Å². The van der Waals surface area contributed by atoms with Crippen LogP contribution in [-0.2, 0) is 6.54 Å². The largest absolute Gasteiger partial charge is 0.378 e. The smallest absolute Gasteiger partial charge is 0.0361 e. The Kier molecular flexibility index (Phi) is 4.63. The molecule has 0 bridgehead atoms. The molecule has 0 unspecified atom stereocenters. The van der Waals surface area contributed by atoms with Crippen LogP contribution in [0.1, 0.15) is 25.8 Å². The molecule has 0 aliphatic heterocycles. The van der Waals surface area contributed by atoms with Crippen LogP contribution >= 0.6 is 0 Å². The minimum atomic E-state index is 0.596. The molecule has 1 N–H and O–H groups in total. The van der Waals surface area contributed by atoms with Crippen LogP contribution in [-0.4, -0.2) is 20.1 Å². The van der Waals surface area contributed by atoms with E-state index in [-0.39, 0.29) is 0 Å². The van der Waals surface area contributed by atoms with Gasteiger partial charge in [-0.3, -0.25) is 0 Å². The van der Waals surface area contributed by atoms with Gasteiger partial charge in [-0.1, -0.05) is 19.1 Å². The van der Waals surface area contributed by atoms with Crippen molar-refractivity contribution in [1.82, 2.24) is 5.32 Å². The monoisotopic (exact) mass is 206 g/mol. The summed E-state index contributed by atoms with van der Waals surface area (Å²) in [4.78, 5) is 2.12. The topological polar surface area (TPSA) is 15.3 Å². The quantitative estimate of drug-likeness (QED) is 0.796. The standard InChI is InChI=1S/C13H22N2/c1-5-11(2)14-10-12-6-8-13(9-7-12)15(3)4/h6-9,11,14H,5,10H2,1-4H3/t11-/m0/s1. The third kappa shape index (κ3) is 3.92. The van der Waals surface area contributed by atoms with Gasteiger partial charge in [-0.2, -0.15) is 0 Å². The van der Waals surface area contributed by atoms with Crippen molar-refractivity contribution in [2.75, 3.05) is 19.0 Å². The van der Waals surface area contributed by atoms with Crippen LogP contribution in [0.15, 0.2) is 24.3 Å². The maximum Gasteiger partial charge on any atom is 0.0361 e. The van der Waals surface area contributed by atoms with Gasteiger partial charge in [0, 0.05) is 32.4 Å². The lowest BCUT2D eigenvalue weighted by Crippen LogP contribution is -2.24. The maximum atomic E-state index is 3.48. The number of anilines is 1. The molecule has 1 aromatic rings.